The molecule has 0 unspecified atom stereocenters. The average Bonchev–Trinajstić information content (AvgIpc) is 2.08. The van der Waals surface area contributed by atoms with Crippen molar-refractivity contribution in [2.75, 3.05) is 0 Å². The highest BCUT2D eigenvalue weighted by atomic mass is 16.5. The van der Waals surface area contributed by atoms with Crippen LogP contribution < -0.4 is 11.5 Å². The first-order valence-electron chi connectivity index (χ1n) is 4.70. The molecule has 0 radical (unpaired) electrons. The van der Waals surface area contributed by atoms with Gasteiger partial charge in [-0.15, -0.1) is 0 Å². The topological polar surface area (TPSA) is 379 Å². The van der Waals surface area contributed by atoms with E-state index in [0.29, 0.717) is 0 Å². The smallest absolute Gasteiger partial charge is 0.402 e. The molecule has 0 rings (SSSR count). The van der Waals surface area contributed by atoms with Crippen LogP contribution in [-0.2, 0) is 0 Å². The highest BCUT2D eigenvalue weighted by molar-refractivity contribution is 6.31. The van der Waals surface area contributed by atoms with Gasteiger partial charge in [0.25, 0.3) is 0 Å². The van der Waals surface area contributed by atoms with E-state index in [0.717, 1.165) is 0 Å². The lowest BCUT2D eigenvalue weighted by atomic mass is 10.3. The van der Waals surface area contributed by atoms with Gasteiger partial charge in [0.2, 0.25) is 0 Å². The third-order valence-corrected chi connectivity index (χ3v) is 0. The first kappa shape index (κ1) is 38.5. The van der Waals surface area contributed by atoms with Crippen LogP contribution in [-0.4, -0.2) is 118 Å². The largest absolute Gasteiger partial charge is 0.631 e. The maximum atomic E-state index is 7.17. The van der Waals surface area contributed by atoms with Crippen LogP contribution in [0.4, 0.5) is 0 Å². The Morgan fingerprint density at radius 2 is 0.417 bits per heavy atom. The van der Waals surface area contributed by atoms with Crippen LogP contribution >= 0.6 is 0 Å². The number of hydrogen-bond donors (Lipinski definition) is 18. The molecule has 18 nitrogen and oxygen atoms in total. The number of hydrogen-bond acceptors (Lipinski definition) is 16. The van der Waals surface area contributed by atoms with Gasteiger partial charge in [0.1, 0.15) is 0 Å². The summed E-state index contributed by atoms with van der Waals surface area (Å²) in [4.78, 5) is 0. The van der Waals surface area contributed by atoms with Crippen molar-refractivity contribution in [3.63, 3.8) is 0 Å². The molecule has 20 N–H and O–H groups in total. The Kier molecular flexibility index (Phi) is 53.9. The number of nitrogens with one attached hydrogen (secondary N) is 1. The standard InChI is InChI=1S/CH5N3.5BH3O3/c6*2-1(3)4/h(H5,2,3,4);5*2-4H. The summed E-state index contributed by atoms with van der Waals surface area (Å²) in [5.41, 5.74) is 8.94. The predicted molar refractivity (Wildman–Crippen MR) is 78.2 cm³/mol. The quantitative estimate of drug-likeness (QED) is 0.107. The highest BCUT2D eigenvalue weighted by Gasteiger charge is 1.94. The van der Waals surface area contributed by atoms with E-state index in [1.54, 1.807) is 0 Å². The summed E-state index contributed by atoms with van der Waals surface area (Å²) in [5, 5.41) is 114. The van der Waals surface area contributed by atoms with Crippen LogP contribution in [0.2, 0.25) is 0 Å². The molecule has 0 aromatic heterocycles. The van der Waals surface area contributed by atoms with Crippen molar-refractivity contribution in [2.45, 2.75) is 0 Å². The van der Waals surface area contributed by atoms with E-state index in [1.807, 2.05) is 0 Å². The molecular formula is CH20B5N3O15. The van der Waals surface area contributed by atoms with E-state index in [1.165, 1.54) is 0 Å². The molecule has 0 atom stereocenters. The van der Waals surface area contributed by atoms with Crippen molar-refractivity contribution in [1.29, 1.82) is 5.41 Å². The molecule has 0 aromatic rings. The molecule has 0 fully saturated rings. The summed E-state index contributed by atoms with van der Waals surface area (Å²) in [6.07, 6.45) is 0. The molecule has 144 valence electrons. The minimum absolute atomic E-state index is 0.333. The summed E-state index contributed by atoms with van der Waals surface area (Å²) in [7, 11) is -10.8. The van der Waals surface area contributed by atoms with Gasteiger partial charge in [0, 0.05) is 0 Å². The molecule has 23 heteroatoms. The maximum Gasteiger partial charge on any atom is 0.631 e. The molecule has 0 heterocycles. The van der Waals surface area contributed by atoms with Crippen LogP contribution in [0.1, 0.15) is 0 Å². The fourth-order valence-electron chi connectivity index (χ4n) is 0. The molecule has 0 saturated heterocycles. The predicted octanol–water partition coefficient (Wildman–Crippen LogP) is -11.4. The van der Waals surface area contributed by atoms with Crippen molar-refractivity contribution >= 4 is 42.6 Å². The van der Waals surface area contributed by atoms with Crippen LogP contribution in [0.3, 0.4) is 0 Å². The van der Waals surface area contributed by atoms with Crippen molar-refractivity contribution in [3.05, 3.63) is 0 Å². The zero-order valence-electron chi connectivity index (χ0n) is 11.7. The van der Waals surface area contributed by atoms with E-state index in [4.69, 9.17) is 80.8 Å². The van der Waals surface area contributed by atoms with Gasteiger partial charge in [-0.2, -0.15) is 0 Å². The Morgan fingerprint density at radius 3 is 0.417 bits per heavy atom. The highest BCUT2D eigenvalue weighted by Crippen LogP contribution is 1.41. The molecule has 0 spiro atoms. The van der Waals surface area contributed by atoms with Gasteiger partial charge in [-0.1, -0.05) is 0 Å². The van der Waals surface area contributed by atoms with Crippen LogP contribution in [0.5, 0.6) is 0 Å². The van der Waals surface area contributed by atoms with E-state index >= 15 is 0 Å². The van der Waals surface area contributed by atoms with Gasteiger partial charge in [-0.05, 0) is 0 Å². The van der Waals surface area contributed by atoms with Gasteiger partial charge >= 0.3 is 36.6 Å². The minimum Gasteiger partial charge on any atom is -0.402 e. The molecule has 0 aliphatic carbocycles. The van der Waals surface area contributed by atoms with Gasteiger partial charge in [-0.3, -0.25) is 5.41 Å². The van der Waals surface area contributed by atoms with Crippen LogP contribution in [0, 0.1) is 5.41 Å². The second-order valence-corrected chi connectivity index (χ2v) is 2.19. The molecule has 0 aliphatic heterocycles. The third kappa shape index (κ3) is 8300. The number of rotatable bonds is 0. The summed E-state index contributed by atoms with van der Waals surface area (Å²) in [6, 6.07) is 0. The Morgan fingerprint density at radius 1 is 0.417 bits per heavy atom. The first-order chi connectivity index (χ1) is 10.4. The van der Waals surface area contributed by atoms with E-state index in [9.17, 15) is 0 Å². The van der Waals surface area contributed by atoms with Crippen molar-refractivity contribution < 1.29 is 75.4 Å². The second kappa shape index (κ2) is 33.6. The van der Waals surface area contributed by atoms with Crippen LogP contribution in [0.25, 0.3) is 0 Å². The Labute approximate surface area is 136 Å². The fraction of sp³-hybridized carbons (Fsp3) is 0. The first-order valence-corrected chi connectivity index (χ1v) is 4.70. The summed E-state index contributed by atoms with van der Waals surface area (Å²) >= 11 is 0. The minimum atomic E-state index is -2.17. The zero-order chi connectivity index (χ0) is 21.5. The third-order valence-electron chi connectivity index (χ3n) is 0. The Balaban J connectivity index is -0.0000000405. The molecule has 24 heavy (non-hydrogen) atoms. The summed E-state index contributed by atoms with van der Waals surface area (Å²) in [5.74, 6) is -0.333. The Bertz CT molecular complexity index is 153. The lowest BCUT2D eigenvalue weighted by Gasteiger charge is -1.69. The molecular weight excluding hydrogens is 348 g/mol. The van der Waals surface area contributed by atoms with Crippen LogP contribution in [0.15, 0.2) is 0 Å². The van der Waals surface area contributed by atoms with E-state index in [2.05, 4.69) is 11.5 Å². The number of guanidine groups is 1. The normalized spacial score (nSPS) is 6.62. The summed E-state index contributed by atoms with van der Waals surface area (Å²) < 4.78 is 0. The zero-order valence-corrected chi connectivity index (χ0v) is 11.7. The molecule has 0 aromatic carbocycles. The van der Waals surface area contributed by atoms with E-state index < -0.39 is 36.6 Å². The maximum absolute atomic E-state index is 7.17. The Hall–Kier alpha value is -1.01. The van der Waals surface area contributed by atoms with Crippen molar-refractivity contribution in [1.82, 2.24) is 0 Å². The second-order valence-electron chi connectivity index (χ2n) is 2.19. The lowest BCUT2D eigenvalue weighted by molar-refractivity contribution is 0.276. The summed E-state index contributed by atoms with van der Waals surface area (Å²) in [6.45, 7) is 0. The van der Waals surface area contributed by atoms with Crippen molar-refractivity contribution in [3.8, 4) is 0 Å². The van der Waals surface area contributed by atoms with Gasteiger partial charge in [0.15, 0.2) is 5.96 Å². The molecule has 0 amide bonds. The molecule has 0 aliphatic rings. The monoisotopic (exact) mass is 369 g/mol. The fourth-order valence-corrected chi connectivity index (χ4v) is 0. The SMILES string of the molecule is N=C(N)N.OB(O)O.OB(O)O.OB(O)O.OB(O)O.OB(O)O. The number of nitrogens with two attached hydrogens (primary N) is 2. The van der Waals surface area contributed by atoms with Gasteiger partial charge in [-0.25, -0.2) is 0 Å². The molecule has 0 saturated carbocycles. The van der Waals surface area contributed by atoms with Gasteiger partial charge in [0.05, 0.1) is 0 Å². The lowest BCUT2D eigenvalue weighted by Crippen LogP contribution is -2.20. The van der Waals surface area contributed by atoms with Gasteiger partial charge < -0.3 is 86.8 Å². The van der Waals surface area contributed by atoms with E-state index in [-0.39, 0.29) is 5.96 Å². The molecule has 0 bridgehead atoms. The van der Waals surface area contributed by atoms with Crippen molar-refractivity contribution in [2.24, 2.45) is 11.5 Å². The average molecular weight is 368 g/mol.